The fourth-order valence-corrected chi connectivity index (χ4v) is 5.06. The number of rotatable bonds is 6. The maximum absolute atomic E-state index is 13.1. The normalized spacial score (nSPS) is 13.5. The van der Waals surface area contributed by atoms with Gasteiger partial charge in [-0.25, -0.2) is 17.5 Å². The van der Waals surface area contributed by atoms with E-state index in [1.54, 1.807) is 6.07 Å². The third-order valence-electron chi connectivity index (χ3n) is 5.85. The second-order valence-electron chi connectivity index (χ2n) is 8.58. The van der Waals surface area contributed by atoms with E-state index in [2.05, 4.69) is 5.32 Å². The van der Waals surface area contributed by atoms with Gasteiger partial charge in [-0.05, 0) is 68.5 Å². The summed E-state index contributed by atoms with van der Waals surface area (Å²) in [4.78, 5) is 30.4. The van der Waals surface area contributed by atoms with Gasteiger partial charge < -0.3 is 10.1 Å². The van der Waals surface area contributed by atoms with Crippen LogP contribution in [0.2, 0.25) is 0 Å². The maximum Gasteiger partial charge on any atom is 0.339 e. The Kier molecular flexibility index (Phi) is 6.67. The number of carbonyl (C=O) groups is 2. The summed E-state index contributed by atoms with van der Waals surface area (Å²) in [7, 11) is -0.772. The van der Waals surface area contributed by atoms with Crippen LogP contribution in [0.25, 0.3) is 10.9 Å². The number of hydrogen-bond acceptors (Lipinski definition) is 6. The van der Waals surface area contributed by atoms with Crippen LogP contribution in [0.3, 0.4) is 0 Å². The minimum absolute atomic E-state index is 0.0533. The zero-order valence-electron chi connectivity index (χ0n) is 19.4. The van der Waals surface area contributed by atoms with Crippen LogP contribution in [0.15, 0.2) is 47.4 Å². The molecule has 1 aromatic heterocycles. The van der Waals surface area contributed by atoms with Crippen molar-refractivity contribution in [1.29, 1.82) is 0 Å². The van der Waals surface area contributed by atoms with Gasteiger partial charge in [0.25, 0.3) is 5.91 Å². The van der Waals surface area contributed by atoms with E-state index in [4.69, 9.17) is 9.72 Å². The highest BCUT2D eigenvalue weighted by Gasteiger charge is 2.24. The van der Waals surface area contributed by atoms with Gasteiger partial charge in [0, 0.05) is 30.9 Å². The fraction of sp³-hybridized carbons (Fsp3) is 0.320. The molecule has 0 aliphatic heterocycles. The summed E-state index contributed by atoms with van der Waals surface area (Å²) in [6.45, 7) is 1.46. The Morgan fingerprint density at radius 1 is 1.09 bits per heavy atom. The minimum atomic E-state index is -3.64. The summed E-state index contributed by atoms with van der Waals surface area (Å²) in [5.41, 5.74) is 4.34. The van der Waals surface area contributed by atoms with Crippen molar-refractivity contribution in [3.05, 3.63) is 64.8 Å². The van der Waals surface area contributed by atoms with Gasteiger partial charge in [-0.2, -0.15) is 0 Å². The van der Waals surface area contributed by atoms with Crippen LogP contribution in [0.5, 0.6) is 0 Å². The van der Waals surface area contributed by atoms with Crippen LogP contribution in [0, 0.1) is 6.92 Å². The number of esters is 1. The van der Waals surface area contributed by atoms with Crippen molar-refractivity contribution in [2.24, 2.45) is 0 Å². The number of hydrogen-bond donors (Lipinski definition) is 1. The van der Waals surface area contributed by atoms with Gasteiger partial charge in [0.05, 0.1) is 16.0 Å². The van der Waals surface area contributed by atoms with Crippen molar-refractivity contribution in [3.63, 3.8) is 0 Å². The number of carbonyl (C=O) groups excluding carboxylic acids is 2. The lowest BCUT2D eigenvalue weighted by molar-refractivity contribution is -0.119. The number of benzene rings is 2. The van der Waals surface area contributed by atoms with Crippen LogP contribution in [0.1, 0.15) is 40.0 Å². The molecule has 1 aliphatic rings. The highest BCUT2D eigenvalue weighted by molar-refractivity contribution is 7.89. The summed E-state index contributed by atoms with van der Waals surface area (Å²) in [6.07, 6.45) is 3.55. The fourth-order valence-electron chi connectivity index (χ4n) is 4.12. The van der Waals surface area contributed by atoms with E-state index in [1.165, 1.54) is 32.3 Å². The molecule has 0 bridgehead atoms. The molecule has 1 aliphatic carbocycles. The summed E-state index contributed by atoms with van der Waals surface area (Å²) in [5, 5.41) is 3.33. The molecular formula is C25H27N3O5S. The first-order valence-electron chi connectivity index (χ1n) is 11.1. The number of ether oxygens (including phenoxy) is 1. The Balaban J connectivity index is 1.53. The van der Waals surface area contributed by atoms with E-state index in [-0.39, 0.29) is 4.90 Å². The molecule has 0 saturated heterocycles. The third kappa shape index (κ3) is 4.80. The molecule has 1 heterocycles. The lowest BCUT2D eigenvalue weighted by Gasteiger charge is -2.20. The Labute approximate surface area is 199 Å². The zero-order valence-corrected chi connectivity index (χ0v) is 20.2. The molecule has 1 amide bonds. The average Bonchev–Trinajstić information content (AvgIpc) is 2.81. The number of aromatic nitrogens is 1. The second kappa shape index (κ2) is 9.52. The average molecular weight is 482 g/mol. The standard InChI is InChI=1S/C25H27N3O5S/c1-16-11-12-22-20(13-16)24(19-9-4-5-10-21(19)27-22)25(30)33-15-23(29)26-17-7-6-8-18(14-17)34(31,32)28(2)3/h6-8,11-14H,4-5,9-10,15H2,1-3H3,(H,26,29). The quantitative estimate of drug-likeness (QED) is 0.541. The number of anilines is 1. The zero-order chi connectivity index (χ0) is 24.5. The number of nitrogens with zero attached hydrogens (tertiary/aromatic N) is 2. The first kappa shape index (κ1) is 23.8. The third-order valence-corrected chi connectivity index (χ3v) is 7.66. The van der Waals surface area contributed by atoms with E-state index in [1.807, 2.05) is 25.1 Å². The highest BCUT2D eigenvalue weighted by Crippen LogP contribution is 2.30. The van der Waals surface area contributed by atoms with Gasteiger partial charge >= 0.3 is 5.97 Å². The number of aryl methyl sites for hydroxylation is 2. The van der Waals surface area contributed by atoms with Crippen molar-refractivity contribution in [1.82, 2.24) is 9.29 Å². The Bertz CT molecular complexity index is 1380. The Morgan fingerprint density at radius 2 is 1.85 bits per heavy atom. The van der Waals surface area contributed by atoms with Crippen molar-refractivity contribution < 1.29 is 22.7 Å². The van der Waals surface area contributed by atoms with E-state index in [0.717, 1.165) is 57.7 Å². The molecular weight excluding hydrogens is 454 g/mol. The van der Waals surface area contributed by atoms with Crippen molar-refractivity contribution in [2.45, 2.75) is 37.5 Å². The summed E-state index contributed by atoms with van der Waals surface area (Å²) < 4.78 is 31.2. The van der Waals surface area contributed by atoms with Gasteiger partial charge in [0.2, 0.25) is 10.0 Å². The highest BCUT2D eigenvalue weighted by atomic mass is 32.2. The number of pyridine rings is 1. The van der Waals surface area contributed by atoms with E-state index < -0.39 is 28.5 Å². The number of nitrogens with one attached hydrogen (secondary N) is 1. The van der Waals surface area contributed by atoms with Crippen LogP contribution in [-0.2, 0) is 32.4 Å². The number of amides is 1. The molecule has 0 spiro atoms. The van der Waals surface area contributed by atoms with Crippen LogP contribution in [0.4, 0.5) is 5.69 Å². The molecule has 0 fully saturated rings. The molecule has 0 saturated carbocycles. The van der Waals surface area contributed by atoms with E-state index in [0.29, 0.717) is 11.3 Å². The summed E-state index contributed by atoms with van der Waals surface area (Å²) in [5.74, 6) is -1.12. The van der Waals surface area contributed by atoms with E-state index >= 15 is 0 Å². The van der Waals surface area contributed by atoms with Gasteiger partial charge in [-0.3, -0.25) is 9.78 Å². The molecule has 4 rings (SSSR count). The topological polar surface area (TPSA) is 106 Å². The monoisotopic (exact) mass is 481 g/mol. The molecule has 9 heteroatoms. The van der Waals surface area contributed by atoms with Crippen LogP contribution in [-0.4, -0.2) is 50.3 Å². The predicted molar refractivity (Wildman–Crippen MR) is 129 cm³/mol. The molecule has 8 nitrogen and oxygen atoms in total. The minimum Gasteiger partial charge on any atom is -0.452 e. The van der Waals surface area contributed by atoms with Gasteiger partial charge in [-0.1, -0.05) is 17.7 Å². The molecule has 178 valence electrons. The van der Waals surface area contributed by atoms with Gasteiger partial charge in [0.15, 0.2) is 6.61 Å². The number of fused-ring (bicyclic) bond motifs is 2. The van der Waals surface area contributed by atoms with Gasteiger partial charge in [0.1, 0.15) is 0 Å². The van der Waals surface area contributed by atoms with Crippen molar-refractivity contribution in [3.8, 4) is 0 Å². The molecule has 2 aromatic carbocycles. The summed E-state index contributed by atoms with van der Waals surface area (Å²) in [6, 6.07) is 11.7. The smallest absolute Gasteiger partial charge is 0.339 e. The molecule has 3 aromatic rings. The Morgan fingerprint density at radius 3 is 2.62 bits per heavy atom. The van der Waals surface area contributed by atoms with Crippen molar-refractivity contribution >= 4 is 38.5 Å². The maximum atomic E-state index is 13.1. The van der Waals surface area contributed by atoms with Crippen LogP contribution < -0.4 is 5.32 Å². The lowest BCUT2D eigenvalue weighted by Crippen LogP contribution is -2.24. The van der Waals surface area contributed by atoms with Gasteiger partial charge in [-0.15, -0.1) is 0 Å². The molecule has 0 radical (unpaired) electrons. The van der Waals surface area contributed by atoms with E-state index in [9.17, 15) is 18.0 Å². The predicted octanol–water partition coefficient (Wildman–Crippen LogP) is 3.47. The number of sulfonamides is 1. The lowest BCUT2D eigenvalue weighted by atomic mass is 9.89. The first-order valence-corrected chi connectivity index (χ1v) is 12.5. The SMILES string of the molecule is Cc1ccc2nc3c(c(C(=O)OCC(=O)Nc4cccc(S(=O)(=O)N(C)C)c4)c2c1)CCCC3. The largest absolute Gasteiger partial charge is 0.452 e. The molecule has 0 unspecified atom stereocenters. The van der Waals surface area contributed by atoms with Crippen LogP contribution >= 0.6 is 0 Å². The Hall–Kier alpha value is -3.30. The molecule has 0 atom stereocenters. The molecule has 34 heavy (non-hydrogen) atoms. The first-order chi connectivity index (χ1) is 16.2. The second-order valence-corrected chi connectivity index (χ2v) is 10.7. The van der Waals surface area contributed by atoms with Crippen molar-refractivity contribution in [2.75, 3.05) is 26.0 Å². The molecule has 1 N–H and O–H groups in total. The summed E-state index contributed by atoms with van der Waals surface area (Å²) >= 11 is 0.